The number of benzene rings is 1. The molecule has 0 spiro atoms. The molecule has 0 aliphatic rings. The third kappa shape index (κ3) is 12.1. The van der Waals surface area contributed by atoms with Gasteiger partial charge in [-0.05, 0) is 59.0 Å². The molecule has 0 aliphatic carbocycles. The molecular weight excluding hydrogens is 455 g/mol. The van der Waals surface area contributed by atoms with Gasteiger partial charge in [0.2, 0.25) is 0 Å². The van der Waals surface area contributed by atoms with Gasteiger partial charge in [-0.15, -0.1) is 24.0 Å². The molecule has 0 amide bonds. The monoisotopic (exact) mass is 492 g/mol. The lowest BCUT2D eigenvalue weighted by molar-refractivity contribution is 0.0268. The molecule has 1 aromatic rings. The van der Waals surface area contributed by atoms with E-state index >= 15 is 0 Å². The Bertz CT molecular complexity index is 533. The fourth-order valence-electron chi connectivity index (χ4n) is 2.14. The van der Waals surface area contributed by atoms with Crippen LogP contribution < -0.4 is 15.4 Å². The summed E-state index contributed by atoms with van der Waals surface area (Å²) in [4.78, 5) is 6.80. The highest BCUT2D eigenvalue weighted by molar-refractivity contribution is 14.0. The first kappa shape index (κ1) is 25.9. The van der Waals surface area contributed by atoms with Gasteiger partial charge in [0.1, 0.15) is 5.75 Å². The standard InChI is InChI=1S/C20H36N4O2.HI/c1-7-21-19(23-16-20(2,3)25-6)22-15-17-9-11-18(12-10-17)26-14-8-13-24(4)5;/h9-12H,7-8,13-16H2,1-6H3,(H2,21,22,23);1H. The second kappa shape index (κ2) is 14.0. The van der Waals surface area contributed by atoms with Gasteiger partial charge in [-0.2, -0.15) is 0 Å². The van der Waals surface area contributed by atoms with E-state index in [2.05, 4.69) is 53.7 Å². The molecular formula is C20H37IN4O2. The predicted molar refractivity (Wildman–Crippen MR) is 124 cm³/mol. The molecule has 0 bridgehead atoms. The molecule has 6 nitrogen and oxygen atoms in total. The summed E-state index contributed by atoms with van der Waals surface area (Å²) < 4.78 is 11.2. The molecule has 1 rings (SSSR count). The fourth-order valence-corrected chi connectivity index (χ4v) is 2.14. The van der Waals surface area contributed by atoms with Crippen molar-refractivity contribution in [3.8, 4) is 5.75 Å². The quantitative estimate of drug-likeness (QED) is 0.215. The molecule has 0 saturated heterocycles. The van der Waals surface area contributed by atoms with Gasteiger partial charge >= 0.3 is 0 Å². The average Bonchev–Trinajstić information content (AvgIpc) is 2.62. The van der Waals surface area contributed by atoms with E-state index in [4.69, 9.17) is 9.47 Å². The number of ether oxygens (including phenoxy) is 2. The maximum atomic E-state index is 5.76. The highest BCUT2D eigenvalue weighted by Gasteiger charge is 2.16. The van der Waals surface area contributed by atoms with E-state index in [9.17, 15) is 0 Å². The molecule has 27 heavy (non-hydrogen) atoms. The Labute approximate surface area is 182 Å². The van der Waals surface area contributed by atoms with Crippen LogP contribution in [0.1, 0.15) is 32.8 Å². The van der Waals surface area contributed by atoms with Gasteiger partial charge in [0.05, 0.1) is 18.8 Å². The zero-order chi connectivity index (χ0) is 19.4. The van der Waals surface area contributed by atoms with E-state index in [1.807, 2.05) is 26.0 Å². The van der Waals surface area contributed by atoms with Crippen LogP contribution in [-0.4, -0.2) is 63.9 Å². The number of methoxy groups -OCH3 is 1. The minimum absolute atomic E-state index is 0. The fraction of sp³-hybridized carbons (Fsp3) is 0.650. The van der Waals surface area contributed by atoms with Gasteiger partial charge in [-0.1, -0.05) is 12.1 Å². The summed E-state index contributed by atoms with van der Waals surface area (Å²) in [6.45, 7) is 10.0. The predicted octanol–water partition coefficient (Wildman–Crippen LogP) is 3.12. The van der Waals surface area contributed by atoms with Crippen LogP contribution >= 0.6 is 24.0 Å². The van der Waals surface area contributed by atoms with Crippen LogP contribution in [0.4, 0.5) is 0 Å². The second-order valence-electron chi connectivity index (χ2n) is 7.16. The zero-order valence-corrected chi connectivity index (χ0v) is 20.0. The largest absolute Gasteiger partial charge is 0.494 e. The lowest BCUT2D eigenvalue weighted by atomic mass is 10.1. The Morgan fingerprint density at radius 1 is 1.15 bits per heavy atom. The Hall–Kier alpha value is -1.06. The van der Waals surface area contributed by atoms with Crippen LogP contribution in [0, 0.1) is 0 Å². The third-order valence-corrected chi connectivity index (χ3v) is 3.94. The van der Waals surface area contributed by atoms with E-state index in [0.717, 1.165) is 43.4 Å². The summed E-state index contributed by atoms with van der Waals surface area (Å²) in [6.07, 6.45) is 1.02. The molecule has 0 fully saturated rings. The van der Waals surface area contributed by atoms with E-state index in [-0.39, 0.29) is 29.6 Å². The van der Waals surface area contributed by atoms with Crippen molar-refractivity contribution < 1.29 is 9.47 Å². The number of aliphatic imine (C=N–C) groups is 1. The number of nitrogens with one attached hydrogen (secondary N) is 2. The van der Waals surface area contributed by atoms with Gasteiger partial charge in [0.25, 0.3) is 0 Å². The molecule has 0 aliphatic heterocycles. The number of rotatable bonds is 11. The number of hydrogen-bond donors (Lipinski definition) is 2. The molecule has 0 saturated carbocycles. The Morgan fingerprint density at radius 3 is 2.37 bits per heavy atom. The van der Waals surface area contributed by atoms with Crippen LogP contribution in [0.5, 0.6) is 5.75 Å². The Kier molecular flexibility index (Phi) is 13.5. The highest BCUT2D eigenvalue weighted by atomic mass is 127. The summed E-state index contributed by atoms with van der Waals surface area (Å²) in [5.74, 6) is 1.70. The first-order valence-corrected chi connectivity index (χ1v) is 9.30. The molecule has 0 aromatic heterocycles. The summed E-state index contributed by atoms with van der Waals surface area (Å²) in [7, 11) is 5.86. The summed E-state index contributed by atoms with van der Waals surface area (Å²) >= 11 is 0. The molecule has 7 heteroatoms. The van der Waals surface area contributed by atoms with Gasteiger partial charge in [-0.25, -0.2) is 4.99 Å². The third-order valence-electron chi connectivity index (χ3n) is 3.94. The highest BCUT2D eigenvalue weighted by Crippen LogP contribution is 2.13. The smallest absolute Gasteiger partial charge is 0.191 e. The van der Waals surface area contributed by atoms with Crippen LogP contribution in [0.15, 0.2) is 29.3 Å². The van der Waals surface area contributed by atoms with Crippen molar-refractivity contribution in [3.05, 3.63) is 29.8 Å². The first-order chi connectivity index (χ1) is 12.4. The van der Waals surface area contributed by atoms with Crippen molar-refractivity contribution in [2.45, 2.75) is 39.3 Å². The summed E-state index contributed by atoms with van der Waals surface area (Å²) in [6, 6.07) is 8.14. The maximum Gasteiger partial charge on any atom is 0.191 e. The SMILES string of the molecule is CCNC(=NCc1ccc(OCCCN(C)C)cc1)NCC(C)(C)OC.I. The van der Waals surface area contributed by atoms with Crippen molar-refractivity contribution >= 4 is 29.9 Å². The Balaban J connectivity index is 0.00000676. The van der Waals surface area contributed by atoms with Gasteiger partial charge in [-0.3, -0.25) is 0 Å². The van der Waals surface area contributed by atoms with Crippen molar-refractivity contribution in [2.75, 3.05) is 47.4 Å². The van der Waals surface area contributed by atoms with Crippen molar-refractivity contribution in [2.24, 2.45) is 4.99 Å². The zero-order valence-electron chi connectivity index (χ0n) is 17.7. The topological polar surface area (TPSA) is 58.1 Å². The van der Waals surface area contributed by atoms with Crippen LogP contribution in [0.3, 0.4) is 0 Å². The van der Waals surface area contributed by atoms with Gasteiger partial charge in [0.15, 0.2) is 5.96 Å². The number of guanidine groups is 1. The van der Waals surface area contributed by atoms with E-state index < -0.39 is 0 Å². The average molecular weight is 492 g/mol. The summed E-state index contributed by atoms with van der Waals surface area (Å²) in [5, 5.41) is 6.58. The molecule has 0 radical (unpaired) electrons. The van der Waals surface area contributed by atoms with E-state index in [0.29, 0.717) is 13.1 Å². The molecule has 0 heterocycles. The van der Waals surface area contributed by atoms with Crippen LogP contribution in [-0.2, 0) is 11.3 Å². The second-order valence-corrected chi connectivity index (χ2v) is 7.16. The number of hydrogen-bond acceptors (Lipinski definition) is 4. The van der Waals surface area contributed by atoms with Gasteiger partial charge in [0, 0.05) is 26.7 Å². The number of nitrogens with zero attached hydrogens (tertiary/aromatic N) is 2. The minimum atomic E-state index is -0.234. The normalized spacial score (nSPS) is 11.9. The van der Waals surface area contributed by atoms with E-state index in [1.165, 1.54) is 0 Å². The first-order valence-electron chi connectivity index (χ1n) is 9.30. The molecule has 0 unspecified atom stereocenters. The molecule has 156 valence electrons. The molecule has 1 aromatic carbocycles. The lowest BCUT2D eigenvalue weighted by Gasteiger charge is -2.24. The van der Waals surface area contributed by atoms with E-state index in [1.54, 1.807) is 7.11 Å². The van der Waals surface area contributed by atoms with Crippen molar-refractivity contribution in [1.29, 1.82) is 0 Å². The lowest BCUT2D eigenvalue weighted by Crippen LogP contribution is -2.45. The minimum Gasteiger partial charge on any atom is -0.494 e. The maximum absolute atomic E-state index is 5.76. The van der Waals surface area contributed by atoms with Crippen LogP contribution in [0.25, 0.3) is 0 Å². The Morgan fingerprint density at radius 2 is 1.81 bits per heavy atom. The molecule has 0 atom stereocenters. The van der Waals surface area contributed by atoms with Crippen molar-refractivity contribution in [3.63, 3.8) is 0 Å². The van der Waals surface area contributed by atoms with Crippen LogP contribution in [0.2, 0.25) is 0 Å². The molecule has 2 N–H and O–H groups in total. The summed E-state index contributed by atoms with van der Waals surface area (Å²) in [5.41, 5.74) is 0.913. The number of halogens is 1. The van der Waals surface area contributed by atoms with Gasteiger partial charge < -0.3 is 25.0 Å². The van der Waals surface area contributed by atoms with Crippen molar-refractivity contribution in [1.82, 2.24) is 15.5 Å².